The van der Waals surface area contributed by atoms with Gasteiger partial charge in [-0.3, -0.25) is 19.8 Å². The van der Waals surface area contributed by atoms with Crippen molar-refractivity contribution in [1.82, 2.24) is 10.2 Å². The first kappa shape index (κ1) is 15.3. The number of Topliss-reactive ketones (excluding diaryl/α,β-unsaturated/α-hetero) is 1. The lowest BCUT2D eigenvalue weighted by Gasteiger charge is -2.15. The molecule has 1 aromatic carbocycles. The van der Waals surface area contributed by atoms with Crippen LogP contribution in [0.2, 0.25) is 0 Å². The van der Waals surface area contributed by atoms with Crippen molar-refractivity contribution >= 4 is 11.5 Å². The monoisotopic (exact) mass is 265 g/mol. The van der Waals surface area contributed by atoms with Gasteiger partial charge in [-0.15, -0.1) is 0 Å². The van der Waals surface area contributed by atoms with Gasteiger partial charge in [-0.05, 0) is 45.7 Å². The van der Waals surface area contributed by atoms with Crippen LogP contribution >= 0.6 is 0 Å². The quantitative estimate of drug-likeness (QED) is 0.332. The predicted molar refractivity (Wildman–Crippen MR) is 73.5 cm³/mol. The van der Waals surface area contributed by atoms with Gasteiger partial charge in [0.25, 0.3) is 5.69 Å². The van der Waals surface area contributed by atoms with Gasteiger partial charge in [0.05, 0.1) is 11.5 Å². The average Bonchev–Trinajstić information content (AvgIpc) is 2.39. The molecule has 0 aliphatic carbocycles. The van der Waals surface area contributed by atoms with E-state index in [1.165, 1.54) is 24.3 Å². The molecule has 6 heteroatoms. The fourth-order valence-electron chi connectivity index (χ4n) is 1.71. The molecule has 0 atom stereocenters. The molecule has 104 valence electrons. The first-order chi connectivity index (χ1) is 9.04. The van der Waals surface area contributed by atoms with Crippen LogP contribution in [0.3, 0.4) is 0 Å². The van der Waals surface area contributed by atoms with E-state index in [1.54, 1.807) is 0 Å². The predicted octanol–water partition coefficient (Wildman–Crippen LogP) is 1.32. The molecule has 0 saturated carbocycles. The Kier molecular flexibility index (Phi) is 6.11. The normalized spacial score (nSPS) is 10.7. The van der Waals surface area contributed by atoms with Crippen molar-refractivity contribution in [2.45, 2.75) is 6.42 Å². The van der Waals surface area contributed by atoms with E-state index >= 15 is 0 Å². The molecule has 0 aliphatic heterocycles. The Hall–Kier alpha value is -1.79. The molecule has 1 rings (SSSR count). The summed E-state index contributed by atoms with van der Waals surface area (Å²) in [6.45, 7) is 2.07. The van der Waals surface area contributed by atoms with E-state index in [-0.39, 0.29) is 11.5 Å². The smallest absolute Gasteiger partial charge is 0.269 e. The van der Waals surface area contributed by atoms with Gasteiger partial charge in [-0.2, -0.15) is 0 Å². The topological polar surface area (TPSA) is 75.5 Å². The number of nitrogens with zero attached hydrogens (tertiary/aromatic N) is 2. The van der Waals surface area contributed by atoms with Crippen LogP contribution in [0.15, 0.2) is 24.3 Å². The molecule has 0 aromatic heterocycles. The number of likely N-dealkylation sites (N-methyl/N-ethyl adjacent to an activating group) is 1. The Bertz CT molecular complexity index is 431. The molecule has 0 radical (unpaired) electrons. The van der Waals surface area contributed by atoms with E-state index in [1.807, 2.05) is 19.0 Å². The van der Waals surface area contributed by atoms with Crippen molar-refractivity contribution in [2.75, 3.05) is 33.7 Å². The molecular formula is C13H19N3O3. The molecule has 0 saturated heterocycles. The fraction of sp³-hybridized carbons (Fsp3) is 0.462. The lowest BCUT2D eigenvalue weighted by Crippen LogP contribution is -2.28. The molecule has 6 nitrogen and oxygen atoms in total. The van der Waals surface area contributed by atoms with Gasteiger partial charge in [0.2, 0.25) is 0 Å². The lowest BCUT2D eigenvalue weighted by molar-refractivity contribution is -0.384. The van der Waals surface area contributed by atoms with E-state index in [2.05, 4.69) is 5.32 Å². The maximum atomic E-state index is 11.9. The maximum Gasteiger partial charge on any atom is 0.269 e. The van der Waals surface area contributed by atoms with Crippen LogP contribution in [0.5, 0.6) is 0 Å². The zero-order valence-electron chi connectivity index (χ0n) is 11.3. The minimum Gasteiger partial charge on any atom is -0.320 e. The molecule has 0 heterocycles. The van der Waals surface area contributed by atoms with Crippen LogP contribution in [0.4, 0.5) is 5.69 Å². The first-order valence-corrected chi connectivity index (χ1v) is 6.15. The lowest BCUT2D eigenvalue weighted by atomic mass is 10.1. The van der Waals surface area contributed by atoms with Gasteiger partial charge in [-0.1, -0.05) is 0 Å². The third-order valence-electron chi connectivity index (χ3n) is 2.78. The minimum absolute atomic E-state index is 0.000996. The first-order valence-electron chi connectivity index (χ1n) is 6.15. The van der Waals surface area contributed by atoms with Crippen LogP contribution in [0.25, 0.3) is 0 Å². The van der Waals surface area contributed by atoms with Crippen molar-refractivity contribution in [3.05, 3.63) is 39.9 Å². The number of carbonyl (C=O) groups excluding carboxylic acids is 1. The largest absolute Gasteiger partial charge is 0.320 e. The summed E-state index contributed by atoms with van der Waals surface area (Å²) in [5.41, 5.74) is 0.505. The standard InChI is InChI=1S/C13H19N3O3/c1-14-8-3-9-15(2)10-13(17)11-4-6-12(7-5-11)16(18)19/h4-7,14H,3,8-10H2,1-2H3. The van der Waals surface area contributed by atoms with Crippen molar-refractivity contribution in [2.24, 2.45) is 0 Å². The number of ketones is 1. The summed E-state index contributed by atoms with van der Waals surface area (Å²) in [6, 6.07) is 5.71. The highest BCUT2D eigenvalue weighted by Crippen LogP contribution is 2.12. The highest BCUT2D eigenvalue weighted by Gasteiger charge is 2.11. The summed E-state index contributed by atoms with van der Waals surface area (Å²) in [5, 5.41) is 13.6. The molecule has 0 bridgehead atoms. The summed E-state index contributed by atoms with van der Waals surface area (Å²) in [4.78, 5) is 23.9. The number of hydrogen-bond acceptors (Lipinski definition) is 5. The number of rotatable bonds is 8. The number of nitro benzene ring substituents is 1. The van der Waals surface area contributed by atoms with E-state index in [9.17, 15) is 14.9 Å². The second-order valence-electron chi connectivity index (χ2n) is 4.42. The summed E-state index contributed by atoms with van der Waals surface area (Å²) >= 11 is 0. The zero-order valence-corrected chi connectivity index (χ0v) is 11.3. The van der Waals surface area contributed by atoms with Crippen LogP contribution in [-0.2, 0) is 0 Å². The van der Waals surface area contributed by atoms with Gasteiger partial charge >= 0.3 is 0 Å². The third-order valence-corrected chi connectivity index (χ3v) is 2.78. The maximum absolute atomic E-state index is 11.9. The molecule has 0 amide bonds. The van der Waals surface area contributed by atoms with E-state index in [4.69, 9.17) is 0 Å². The summed E-state index contributed by atoms with van der Waals surface area (Å²) in [7, 11) is 3.78. The van der Waals surface area contributed by atoms with Gasteiger partial charge in [0, 0.05) is 17.7 Å². The molecular weight excluding hydrogens is 246 g/mol. The molecule has 0 aliphatic rings. The number of hydrogen-bond donors (Lipinski definition) is 1. The molecule has 0 fully saturated rings. The zero-order chi connectivity index (χ0) is 14.3. The molecule has 19 heavy (non-hydrogen) atoms. The summed E-state index contributed by atoms with van der Waals surface area (Å²) in [6.07, 6.45) is 0.973. The van der Waals surface area contributed by atoms with E-state index in [0.29, 0.717) is 12.1 Å². The van der Waals surface area contributed by atoms with Crippen molar-refractivity contribution in [3.63, 3.8) is 0 Å². The van der Waals surface area contributed by atoms with Gasteiger partial charge < -0.3 is 5.32 Å². The van der Waals surface area contributed by atoms with Crippen molar-refractivity contribution < 1.29 is 9.72 Å². The van der Waals surface area contributed by atoms with Crippen LogP contribution in [0.1, 0.15) is 16.8 Å². The van der Waals surface area contributed by atoms with Gasteiger partial charge in [-0.25, -0.2) is 0 Å². The average molecular weight is 265 g/mol. The third kappa shape index (κ3) is 5.15. The summed E-state index contributed by atoms with van der Waals surface area (Å²) in [5.74, 6) is -0.0261. The Balaban J connectivity index is 2.51. The molecule has 0 unspecified atom stereocenters. The number of nitro groups is 1. The number of nitrogens with one attached hydrogen (secondary N) is 1. The highest BCUT2D eigenvalue weighted by atomic mass is 16.6. The highest BCUT2D eigenvalue weighted by molar-refractivity contribution is 5.97. The Morgan fingerprint density at radius 3 is 2.53 bits per heavy atom. The molecule has 1 N–H and O–H groups in total. The molecule has 0 spiro atoms. The number of benzene rings is 1. The Morgan fingerprint density at radius 2 is 2.00 bits per heavy atom. The van der Waals surface area contributed by atoms with E-state index in [0.717, 1.165) is 19.5 Å². The van der Waals surface area contributed by atoms with Crippen LogP contribution in [-0.4, -0.2) is 49.3 Å². The number of non-ortho nitro benzene ring substituents is 1. The van der Waals surface area contributed by atoms with Crippen molar-refractivity contribution in [1.29, 1.82) is 0 Å². The second-order valence-corrected chi connectivity index (χ2v) is 4.42. The van der Waals surface area contributed by atoms with Gasteiger partial charge in [0.1, 0.15) is 0 Å². The molecule has 1 aromatic rings. The Morgan fingerprint density at radius 1 is 1.37 bits per heavy atom. The second kappa shape index (κ2) is 7.60. The van der Waals surface area contributed by atoms with Crippen LogP contribution in [0, 0.1) is 10.1 Å². The van der Waals surface area contributed by atoms with Crippen molar-refractivity contribution in [3.8, 4) is 0 Å². The number of carbonyl (C=O) groups is 1. The fourth-order valence-corrected chi connectivity index (χ4v) is 1.71. The SMILES string of the molecule is CNCCCN(C)CC(=O)c1ccc([N+](=O)[O-])cc1. The van der Waals surface area contributed by atoms with E-state index < -0.39 is 4.92 Å². The summed E-state index contributed by atoms with van der Waals surface area (Å²) < 4.78 is 0. The van der Waals surface area contributed by atoms with Gasteiger partial charge in [0.15, 0.2) is 5.78 Å². The minimum atomic E-state index is -0.474. The Labute approximate surface area is 112 Å². The van der Waals surface area contributed by atoms with Crippen LogP contribution < -0.4 is 5.32 Å².